The molecular weight excluding hydrogens is 178 g/mol. The van der Waals surface area contributed by atoms with Crippen LogP contribution in [0.1, 0.15) is 33.1 Å². The summed E-state index contributed by atoms with van der Waals surface area (Å²) in [7, 11) is 3.43. The Kier molecular flexibility index (Phi) is 9.35. The highest BCUT2D eigenvalue weighted by atomic mass is 16.5. The maximum atomic E-state index is 5.28. The predicted octanol–water partition coefficient (Wildman–Crippen LogP) is 1.82. The molecule has 3 heteroatoms. The summed E-state index contributed by atoms with van der Waals surface area (Å²) in [5.74, 6) is 0. The first-order chi connectivity index (χ1) is 6.78. The lowest BCUT2D eigenvalue weighted by molar-refractivity contribution is 0.0271. The first kappa shape index (κ1) is 13.9. The lowest BCUT2D eigenvalue weighted by atomic mass is 10.1. The lowest BCUT2D eigenvalue weighted by Crippen LogP contribution is -2.37. The molecule has 0 aliphatic heterocycles. The molecule has 0 rings (SSSR count). The van der Waals surface area contributed by atoms with Gasteiger partial charge in [0.25, 0.3) is 0 Å². The first-order valence-electron chi connectivity index (χ1n) is 5.53. The van der Waals surface area contributed by atoms with Gasteiger partial charge in [-0.15, -0.1) is 0 Å². The van der Waals surface area contributed by atoms with Gasteiger partial charge in [-0.3, -0.25) is 0 Å². The van der Waals surface area contributed by atoms with Crippen LogP contribution in [0.25, 0.3) is 0 Å². The number of rotatable bonds is 9. The number of nitrogens with one attached hydrogen (secondary N) is 1. The van der Waals surface area contributed by atoms with Crippen molar-refractivity contribution in [2.24, 2.45) is 0 Å². The van der Waals surface area contributed by atoms with Crippen LogP contribution in [0.5, 0.6) is 0 Å². The zero-order valence-corrected chi connectivity index (χ0v) is 10.0. The van der Waals surface area contributed by atoms with E-state index in [9.17, 15) is 0 Å². The summed E-state index contributed by atoms with van der Waals surface area (Å²) >= 11 is 0. The van der Waals surface area contributed by atoms with Gasteiger partial charge in [-0.25, -0.2) is 0 Å². The Labute approximate surface area is 88.2 Å². The normalized spacial score (nSPS) is 15.4. The topological polar surface area (TPSA) is 30.5 Å². The van der Waals surface area contributed by atoms with Crippen LogP contribution in [0.15, 0.2) is 0 Å². The second kappa shape index (κ2) is 9.44. The Morgan fingerprint density at radius 2 is 1.93 bits per heavy atom. The molecule has 3 nitrogen and oxygen atoms in total. The molecule has 0 aromatic rings. The van der Waals surface area contributed by atoms with E-state index in [0.29, 0.717) is 12.6 Å². The second-order valence-corrected chi connectivity index (χ2v) is 3.62. The minimum absolute atomic E-state index is 0.172. The van der Waals surface area contributed by atoms with Crippen molar-refractivity contribution in [1.82, 2.24) is 5.32 Å². The summed E-state index contributed by atoms with van der Waals surface area (Å²) in [6.07, 6.45) is 3.82. The van der Waals surface area contributed by atoms with Crippen LogP contribution in [0.3, 0.4) is 0 Å². The van der Waals surface area contributed by atoms with E-state index in [4.69, 9.17) is 9.47 Å². The van der Waals surface area contributed by atoms with E-state index in [1.165, 1.54) is 19.3 Å². The molecule has 0 saturated heterocycles. The fraction of sp³-hybridized carbons (Fsp3) is 1.00. The molecule has 2 atom stereocenters. The minimum atomic E-state index is 0.172. The minimum Gasteiger partial charge on any atom is -0.382 e. The average molecular weight is 203 g/mol. The Hall–Kier alpha value is -0.120. The summed E-state index contributed by atoms with van der Waals surface area (Å²) in [6, 6.07) is 0.620. The average Bonchev–Trinajstić information content (AvgIpc) is 2.22. The molecule has 0 heterocycles. The predicted molar refractivity (Wildman–Crippen MR) is 59.7 cm³/mol. The highest BCUT2D eigenvalue weighted by Crippen LogP contribution is 2.01. The van der Waals surface area contributed by atoms with Crippen LogP contribution in [0.4, 0.5) is 0 Å². The third-order valence-electron chi connectivity index (χ3n) is 2.45. The Balaban J connectivity index is 3.63. The molecule has 86 valence electrons. The molecule has 0 aliphatic carbocycles. The van der Waals surface area contributed by atoms with Crippen molar-refractivity contribution in [2.45, 2.75) is 45.3 Å². The van der Waals surface area contributed by atoms with E-state index < -0.39 is 0 Å². The zero-order valence-electron chi connectivity index (χ0n) is 10.0. The highest BCUT2D eigenvalue weighted by Gasteiger charge is 2.09. The maximum Gasteiger partial charge on any atom is 0.0928 e. The van der Waals surface area contributed by atoms with Gasteiger partial charge in [0, 0.05) is 26.8 Å². The van der Waals surface area contributed by atoms with Crippen molar-refractivity contribution in [2.75, 3.05) is 27.4 Å². The van der Waals surface area contributed by atoms with E-state index in [2.05, 4.69) is 19.2 Å². The van der Waals surface area contributed by atoms with Gasteiger partial charge in [0.1, 0.15) is 0 Å². The fourth-order valence-corrected chi connectivity index (χ4v) is 1.49. The molecule has 0 radical (unpaired) electrons. The molecule has 0 spiro atoms. The molecule has 2 unspecified atom stereocenters. The first-order valence-corrected chi connectivity index (χ1v) is 5.53. The largest absolute Gasteiger partial charge is 0.382 e. The summed E-state index contributed by atoms with van der Waals surface area (Å²) in [5.41, 5.74) is 0. The molecule has 1 N–H and O–H groups in total. The molecule has 0 aromatic carbocycles. The van der Waals surface area contributed by atoms with Crippen molar-refractivity contribution in [3.05, 3.63) is 0 Å². The summed E-state index contributed by atoms with van der Waals surface area (Å²) < 4.78 is 10.3. The molecule has 0 amide bonds. The standard InChI is InChI=1S/C11H25NO2/c1-5-7-10(6-2)12-8-11(14-4)9-13-3/h10-12H,5-9H2,1-4H3. The monoisotopic (exact) mass is 203 g/mol. The number of methoxy groups -OCH3 is 2. The zero-order chi connectivity index (χ0) is 10.8. The van der Waals surface area contributed by atoms with Crippen LogP contribution < -0.4 is 5.32 Å². The third kappa shape index (κ3) is 6.35. The molecule has 0 bridgehead atoms. The fourth-order valence-electron chi connectivity index (χ4n) is 1.49. The second-order valence-electron chi connectivity index (χ2n) is 3.62. The molecular formula is C11H25NO2. The maximum absolute atomic E-state index is 5.28. The van der Waals surface area contributed by atoms with Gasteiger partial charge in [0.15, 0.2) is 0 Å². The molecule has 0 aliphatic rings. The summed E-state index contributed by atoms with van der Waals surface area (Å²) in [5, 5.41) is 3.50. The van der Waals surface area contributed by atoms with Crippen molar-refractivity contribution in [1.29, 1.82) is 0 Å². The van der Waals surface area contributed by atoms with Crippen LogP contribution in [-0.4, -0.2) is 39.5 Å². The van der Waals surface area contributed by atoms with E-state index in [-0.39, 0.29) is 6.10 Å². The summed E-state index contributed by atoms with van der Waals surface area (Å²) in [4.78, 5) is 0. The third-order valence-corrected chi connectivity index (χ3v) is 2.45. The Morgan fingerprint density at radius 1 is 1.21 bits per heavy atom. The molecule has 0 fully saturated rings. The summed E-state index contributed by atoms with van der Waals surface area (Å²) in [6.45, 7) is 5.97. The van der Waals surface area contributed by atoms with E-state index in [1.807, 2.05) is 0 Å². The van der Waals surface area contributed by atoms with E-state index in [0.717, 1.165) is 6.54 Å². The SMILES string of the molecule is CCCC(CC)NCC(COC)OC. The van der Waals surface area contributed by atoms with Gasteiger partial charge in [-0.1, -0.05) is 20.3 Å². The van der Waals surface area contributed by atoms with Crippen LogP contribution in [0.2, 0.25) is 0 Å². The van der Waals surface area contributed by atoms with Gasteiger partial charge >= 0.3 is 0 Å². The van der Waals surface area contributed by atoms with Crippen molar-refractivity contribution in [3.63, 3.8) is 0 Å². The van der Waals surface area contributed by atoms with Gasteiger partial charge in [0.05, 0.1) is 12.7 Å². The van der Waals surface area contributed by atoms with Crippen molar-refractivity contribution >= 4 is 0 Å². The van der Waals surface area contributed by atoms with Gasteiger partial charge < -0.3 is 14.8 Å². The molecule has 14 heavy (non-hydrogen) atoms. The van der Waals surface area contributed by atoms with Crippen molar-refractivity contribution in [3.8, 4) is 0 Å². The van der Waals surface area contributed by atoms with Crippen LogP contribution >= 0.6 is 0 Å². The Morgan fingerprint density at radius 3 is 2.36 bits per heavy atom. The lowest BCUT2D eigenvalue weighted by Gasteiger charge is -2.20. The Bertz CT molecular complexity index is 106. The smallest absolute Gasteiger partial charge is 0.0928 e. The number of hydrogen-bond acceptors (Lipinski definition) is 3. The number of hydrogen-bond donors (Lipinski definition) is 1. The van der Waals surface area contributed by atoms with Crippen molar-refractivity contribution < 1.29 is 9.47 Å². The quantitative estimate of drug-likeness (QED) is 0.620. The van der Waals surface area contributed by atoms with Crippen LogP contribution in [0, 0.1) is 0 Å². The van der Waals surface area contributed by atoms with Gasteiger partial charge in [-0.05, 0) is 12.8 Å². The van der Waals surface area contributed by atoms with E-state index in [1.54, 1.807) is 14.2 Å². The number of ether oxygens (including phenoxy) is 2. The van der Waals surface area contributed by atoms with Gasteiger partial charge in [0.2, 0.25) is 0 Å². The van der Waals surface area contributed by atoms with E-state index >= 15 is 0 Å². The molecule has 0 aromatic heterocycles. The highest BCUT2D eigenvalue weighted by molar-refractivity contribution is 4.68. The molecule has 0 saturated carbocycles. The van der Waals surface area contributed by atoms with Crippen LogP contribution in [-0.2, 0) is 9.47 Å². The van der Waals surface area contributed by atoms with Gasteiger partial charge in [-0.2, -0.15) is 0 Å².